The molecule has 1 saturated carbocycles. The van der Waals surface area contributed by atoms with E-state index in [-0.39, 0.29) is 23.8 Å². The summed E-state index contributed by atoms with van der Waals surface area (Å²) in [6.07, 6.45) is 2.16. The summed E-state index contributed by atoms with van der Waals surface area (Å²) in [4.78, 5) is 43.9. The molecular formula is C26H31N3O5S. The van der Waals surface area contributed by atoms with Crippen LogP contribution in [0.4, 0.5) is 10.5 Å². The van der Waals surface area contributed by atoms with Crippen molar-refractivity contribution in [1.29, 1.82) is 0 Å². The van der Waals surface area contributed by atoms with Gasteiger partial charge >= 0.3 is 6.03 Å². The zero-order valence-electron chi connectivity index (χ0n) is 20.3. The van der Waals surface area contributed by atoms with Crippen molar-refractivity contribution in [2.45, 2.75) is 52.1 Å². The molecule has 1 saturated heterocycles. The SMILES string of the molecule is C[C@H]1CC(C)(C)C[C@@]2(C1)NC(=O)N(CC(=O)N(Cc1cccs1)c1ccc3c(c1)OCCO3)C2=O. The number of thiophene rings is 1. The van der Waals surface area contributed by atoms with E-state index in [1.54, 1.807) is 34.4 Å². The summed E-state index contributed by atoms with van der Waals surface area (Å²) in [6.45, 7) is 7.29. The fraction of sp³-hybridized carbons (Fsp3) is 0.500. The van der Waals surface area contributed by atoms with Gasteiger partial charge in [-0.05, 0) is 54.2 Å². The van der Waals surface area contributed by atoms with Gasteiger partial charge in [0.15, 0.2) is 11.5 Å². The lowest BCUT2D eigenvalue weighted by molar-refractivity contribution is -0.137. The minimum Gasteiger partial charge on any atom is -0.486 e. The Morgan fingerprint density at radius 3 is 2.66 bits per heavy atom. The normalized spacial score (nSPS) is 25.0. The first-order valence-corrected chi connectivity index (χ1v) is 12.9. The Bertz CT molecular complexity index is 1150. The smallest absolute Gasteiger partial charge is 0.325 e. The fourth-order valence-electron chi connectivity index (χ4n) is 5.95. The van der Waals surface area contributed by atoms with E-state index in [1.807, 2.05) is 17.5 Å². The maximum absolute atomic E-state index is 13.6. The first-order valence-electron chi connectivity index (χ1n) is 12.0. The first kappa shape index (κ1) is 23.7. The predicted molar refractivity (Wildman–Crippen MR) is 133 cm³/mol. The number of imide groups is 1. The van der Waals surface area contributed by atoms with Gasteiger partial charge in [-0.25, -0.2) is 4.79 Å². The summed E-state index contributed by atoms with van der Waals surface area (Å²) in [7, 11) is 0. The third kappa shape index (κ3) is 4.61. The average molecular weight is 498 g/mol. The second-order valence-corrected chi connectivity index (χ2v) is 11.7. The van der Waals surface area contributed by atoms with E-state index in [0.29, 0.717) is 55.7 Å². The fourth-order valence-corrected chi connectivity index (χ4v) is 6.64. The zero-order valence-corrected chi connectivity index (χ0v) is 21.2. The van der Waals surface area contributed by atoms with Gasteiger partial charge in [0.25, 0.3) is 5.91 Å². The van der Waals surface area contributed by atoms with E-state index >= 15 is 0 Å². The van der Waals surface area contributed by atoms with Crippen molar-refractivity contribution in [2.75, 3.05) is 24.7 Å². The van der Waals surface area contributed by atoms with Crippen LogP contribution in [0, 0.1) is 11.3 Å². The summed E-state index contributed by atoms with van der Waals surface area (Å²) in [5, 5.41) is 4.91. The maximum atomic E-state index is 13.6. The van der Waals surface area contributed by atoms with Crippen molar-refractivity contribution in [1.82, 2.24) is 10.2 Å². The molecular weight excluding hydrogens is 466 g/mol. The summed E-state index contributed by atoms with van der Waals surface area (Å²) < 4.78 is 11.3. The number of carbonyl (C=O) groups is 3. The van der Waals surface area contributed by atoms with Gasteiger partial charge in [0.1, 0.15) is 25.3 Å². The standard InChI is InChI=1S/C26H31N3O5S/c1-17-12-25(2,3)16-26(13-17)23(31)29(24(32)27-26)15-22(30)28(14-19-5-4-10-35-19)18-6-7-20-21(11-18)34-9-8-33-20/h4-7,10-11,17H,8-9,12-16H2,1-3H3,(H,27,32)/t17-,26+/m0/s1. The molecule has 3 aliphatic rings. The van der Waals surface area contributed by atoms with Gasteiger partial charge in [-0.3, -0.25) is 14.5 Å². The number of fused-ring (bicyclic) bond motifs is 1. The molecule has 4 amide bonds. The summed E-state index contributed by atoms with van der Waals surface area (Å²) in [5.74, 6) is 0.873. The monoisotopic (exact) mass is 497 g/mol. The lowest BCUT2D eigenvalue weighted by Gasteiger charge is -2.43. The highest BCUT2D eigenvalue weighted by atomic mass is 32.1. The molecule has 1 aromatic carbocycles. The van der Waals surface area contributed by atoms with Crippen LogP contribution in [0.15, 0.2) is 35.7 Å². The molecule has 2 aromatic rings. The van der Waals surface area contributed by atoms with Crippen LogP contribution in [0.25, 0.3) is 0 Å². The molecule has 1 aromatic heterocycles. The van der Waals surface area contributed by atoms with E-state index in [4.69, 9.17) is 9.47 Å². The number of ether oxygens (including phenoxy) is 2. The molecule has 3 heterocycles. The second-order valence-electron chi connectivity index (χ2n) is 10.6. The van der Waals surface area contributed by atoms with E-state index in [0.717, 1.165) is 16.2 Å². The third-order valence-electron chi connectivity index (χ3n) is 6.95. The van der Waals surface area contributed by atoms with Gasteiger partial charge in [-0.2, -0.15) is 0 Å². The average Bonchev–Trinajstić information content (AvgIpc) is 3.38. The highest BCUT2D eigenvalue weighted by Gasteiger charge is 2.56. The van der Waals surface area contributed by atoms with Gasteiger partial charge in [0.2, 0.25) is 5.91 Å². The van der Waals surface area contributed by atoms with Gasteiger partial charge in [-0.1, -0.05) is 26.8 Å². The number of hydrogen-bond acceptors (Lipinski definition) is 6. The van der Waals surface area contributed by atoms with Crippen LogP contribution in [0.3, 0.4) is 0 Å². The van der Waals surface area contributed by atoms with E-state index in [9.17, 15) is 14.4 Å². The van der Waals surface area contributed by atoms with Crippen LogP contribution < -0.4 is 19.7 Å². The molecule has 5 rings (SSSR count). The number of benzene rings is 1. The number of nitrogens with one attached hydrogen (secondary N) is 1. The number of amides is 4. The molecule has 0 radical (unpaired) electrons. The van der Waals surface area contributed by atoms with Crippen LogP contribution >= 0.6 is 11.3 Å². The molecule has 0 unspecified atom stereocenters. The number of carbonyl (C=O) groups excluding carboxylic acids is 3. The number of urea groups is 1. The highest BCUT2D eigenvalue weighted by Crippen LogP contribution is 2.46. The topological polar surface area (TPSA) is 88.2 Å². The largest absolute Gasteiger partial charge is 0.486 e. The van der Waals surface area contributed by atoms with E-state index in [1.165, 1.54) is 0 Å². The molecule has 0 bridgehead atoms. The van der Waals surface area contributed by atoms with Gasteiger partial charge in [-0.15, -0.1) is 11.3 Å². The molecule has 186 valence electrons. The molecule has 2 fully saturated rings. The molecule has 35 heavy (non-hydrogen) atoms. The lowest BCUT2D eigenvalue weighted by atomic mass is 9.64. The van der Waals surface area contributed by atoms with Crippen molar-refractivity contribution in [3.8, 4) is 11.5 Å². The predicted octanol–water partition coefficient (Wildman–Crippen LogP) is 4.19. The molecule has 2 atom stereocenters. The van der Waals surface area contributed by atoms with Gasteiger partial charge in [0.05, 0.1) is 6.54 Å². The molecule has 1 aliphatic carbocycles. The van der Waals surface area contributed by atoms with Crippen molar-refractivity contribution in [2.24, 2.45) is 11.3 Å². The molecule has 8 nitrogen and oxygen atoms in total. The Morgan fingerprint density at radius 1 is 1.17 bits per heavy atom. The van der Waals surface area contributed by atoms with Crippen LogP contribution in [0.2, 0.25) is 0 Å². The van der Waals surface area contributed by atoms with Gasteiger partial charge in [0, 0.05) is 16.6 Å². The van der Waals surface area contributed by atoms with Crippen LogP contribution in [0.5, 0.6) is 11.5 Å². The minimum absolute atomic E-state index is 0.0724. The maximum Gasteiger partial charge on any atom is 0.325 e. The van der Waals surface area contributed by atoms with E-state index < -0.39 is 11.6 Å². The second kappa shape index (κ2) is 8.86. The summed E-state index contributed by atoms with van der Waals surface area (Å²) >= 11 is 1.54. The Kier molecular flexibility index (Phi) is 5.99. The Morgan fingerprint density at radius 2 is 1.94 bits per heavy atom. The van der Waals surface area contributed by atoms with Crippen molar-refractivity contribution >= 4 is 34.9 Å². The Hall–Kier alpha value is -3.07. The third-order valence-corrected chi connectivity index (χ3v) is 7.81. The zero-order chi connectivity index (χ0) is 24.8. The van der Waals surface area contributed by atoms with Crippen molar-refractivity contribution in [3.05, 3.63) is 40.6 Å². The number of nitrogens with zero attached hydrogens (tertiary/aromatic N) is 2. The van der Waals surface area contributed by atoms with Gasteiger partial charge < -0.3 is 19.7 Å². The lowest BCUT2D eigenvalue weighted by Crippen LogP contribution is -2.54. The molecule has 1 spiro atoms. The van der Waals surface area contributed by atoms with Crippen molar-refractivity contribution in [3.63, 3.8) is 0 Å². The highest BCUT2D eigenvalue weighted by molar-refractivity contribution is 7.09. The first-order chi connectivity index (χ1) is 16.7. The van der Waals surface area contributed by atoms with Crippen LogP contribution in [0.1, 0.15) is 44.9 Å². The molecule has 1 N–H and O–H groups in total. The van der Waals surface area contributed by atoms with E-state index in [2.05, 4.69) is 26.1 Å². The number of anilines is 1. The minimum atomic E-state index is -0.936. The Balaban J connectivity index is 1.40. The van der Waals surface area contributed by atoms with Crippen molar-refractivity contribution < 1.29 is 23.9 Å². The summed E-state index contributed by atoms with van der Waals surface area (Å²) in [5.41, 5.74) is -0.382. The Labute approximate surface area is 209 Å². The number of rotatable bonds is 5. The summed E-state index contributed by atoms with van der Waals surface area (Å²) in [6, 6.07) is 8.76. The van der Waals surface area contributed by atoms with Crippen LogP contribution in [-0.2, 0) is 16.1 Å². The molecule has 9 heteroatoms. The van der Waals surface area contributed by atoms with Crippen LogP contribution in [-0.4, -0.2) is 48.0 Å². The quantitative estimate of drug-likeness (QED) is 0.626. The number of hydrogen-bond donors (Lipinski definition) is 1. The molecule has 2 aliphatic heterocycles.